The van der Waals surface area contributed by atoms with Gasteiger partial charge in [0, 0.05) is 11.3 Å². The average Bonchev–Trinajstić information content (AvgIpc) is 3.25. The van der Waals surface area contributed by atoms with Crippen molar-refractivity contribution in [1.29, 1.82) is 0 Å². The van der Waals surface area contributed by atoms with Gasteiger partial charge in [-0.25, -0.2) is 9.18 Å². The Bertz CT molecular complexity index is 1280. The zero-order chi connectivity index (χ0) is 21.9. The second kappa shape index (κ2) is 6.64. The number of thiophene rings is 1. The number of halogens is 1. The minimum absolute atomic E-state index is 0.0191. The van der Waals surface area contributed by atoms with Gasteiger partial charge in [-0.3, -0.25) is 9.59 Å². The minimum Gasteiger partial charge on any atom is -0.497 e. The SMILES string of the molecule is COc1ccc(-c2c(C(=O)O)sc3c2NC(=O)C[C@]32C(=O)Nc3ccc(F)cc32)cc1. The summed E-state index contributed by atoms with van der Waals surface area (Å²) >= 11 is 0.917. The summed E-state index contributed by atoms with van der Waals surface area (Å²) in [6, 6.07) is 10.6. The van der Waals surface area contributed by atoms with Crippen LogP contribution in [0.25, 0.3) is 11.1 Å². The Morgan fingerprint density at radius 1 is 1.16 bits per heavy atom. The fraction of sp³-hybridized carbons (Fsp3) is 0.136. The van der Waals surface area contributed by atoms with Crippen LogP contribution in [-0.4, -0.2) is 30.0 Å². The smallest absolute Gasteiger partial charge is 0.346 e. The predicted octanol–water partition coefficient (Wildman–Crippen LogP) is 3.84. The molecule has 31 heavy (non-hydrogen) atoms. The fourth-order valence-electron chi connectivity index (χ4n) is 4.27. The molecule has 1 spiro atoms. The van der Waals surface area contributed by atoms with Crippen LogP contribution in [0.2, 0.25) is 0 Å². The summed E-state index contributed by atoms with van der Waals surface area (Å²) < 4.78 is 19.3. The normalized spacial score (nSPS) is 18.9. The first-order valence-electron chi connectivity index (χ1n) is 9.31. The van der Waals surface area contributed by atoms with Gasteiger partial charge in [-0.05, 0) is 41.5 Å². The molecule has 0 saturated carbocycles. The third-order valence-corrected chi connectivity index (χ3v) is 6.98. The van der Waals surface area contributed by atoms with E-state index >= 15 is 0 Å². The number of carbonyl (C=O) groups is 3. The van der Waals surface area contributed by atoms with E-state index in [0.717, 1.165) is 11.3 Å². The number of amides is 2. The lowest BCUT2D eigenvalue weighted by molar-refractivity contribution is -0.125. The van der Waals surface area contributed by atoms with Crippen LogP contribution >= 0.6 is 11.3 Å². The molecular formula is C22H15FN2O5S. The number of hydrogen-bond donors (Lipinski definition) is 3. The van der Waals surface area contributed by atoms with Gasteiger partial charge in [-0.15, -0.1) is 11.3 Å². The summed E-state index contributed by atoms with van der Waals surface area (Å²) in [5.41, 5.74) is 0.355. The van der Waals surface area contributed by atoms with Gasteiger partial charge in [0.2, 0.25) is 11.8 Å². The Kier molecular flexibility index (Phi) is 4.13. The lowest BCUT2D eigenvalue weighted by atomic mass is 9.74. The maximum atomic E-state index is 14.1. The Labute approximate surface area is 179 Å². The number of rotatable bonds is 3. The van der Waals surface area contributed by atoms with Crippen molar-refractivity contribution >= 4 is 40.5 Å². The molecule has 2 amide bonds. The Balaban J connectivity index is 1.81. The van der Waals surface area contributed by atoms with Gasteiger partial charge >= 0.3 is 5.97 Å². The van der Waals surface area contributed by atoms with Crippen molar-refractivity contribution in [3.05, 3.63) is 63.6 Å². The number of ether oxygens (including phenoxy) is 1. The predicted molar refractivity (Wildman–Crippen MR) is 112 cm³/mol. The molecule has 9 heteroatoms. The number of carbonyl (C=O) groups excluding carboxylic acids is 2. The van der Waals surface area contributed by atoms with Crippen molar-refractivity contribution in [2.75, 3.05) is 17.7 Å². The second-order valence-electron chi connectivity index (χ2n) is 7.32. The molecular weight excluding hydrogens is 423 g/mol. The van der Waals surface area contributed by atoms with Crippen LogP contribution in [0, 0.1) is 5.82 Å². The van der Waals surface area contributed by atoms with Crippen LogP contribution in [-0.2, 0) is 15.0 Å². The molecule has 2 aromatic carbocycles. The van der Waals surface area contributed by atoms with Crippen LogP contribution in [0.15, 0.2) is 42.5 Å². The standard InChI is InChI=1S/C22H15FN2O5S/c1-30-12-5-2-10(3-6-12)16-17-19(31-18(16)20(27)28)22(9-15(26)25-17)13-8-11(23)4-7-14(13)24-21(22)29/h2-8H,9H2,1H3,(H,24,29)(H,25,26)(H,27,28)/t22-/m1/s1. The topological polar surface area (TPSA) is 105 Å². The molecule has 1 atom stereocenters. The Hall–Kier alpha value is -3.72. The number of carboxylic acids is 1. The van der Waals surface area contributed by atoms with Crippen molar-refractivity contribution in [3.8, 4) is 16.9 Å². The molecule has 3 aromatic rings. The largest absolute Gasteiger partial charge is 0.497 e. The number of methoxy groups -OCH3 is 1. The second-order valence-corrected chi connectivity index (χ2v) is 8.34. The molecule has 3 heterocycles. The Morgan fingerprint density at radius 2 is 1.90 bits per heavy atom. The molecule has 2 aliphatic rings. The molecule has 0 aliphatic carbocycles. The third kappa shape index (κ3) is 2.66. The molecule has 0 unspecified atom stereocenters. The molecule has 2 aliphatic heterocycles. The molecule has 0 fully saturated rings. The van der Waals surface area contributed by atoms with Crippen LogP contribution < -0.4 is 15.4 Å². The number of fused-ring (bicyclic) bond motifs is 4. The van der Waals surface area contributed by atoms with Crippen molar-refractivity contribution in [2.45, 2.75) is 11.8 Å². The summed E-state index contributed by atoms with van der Waals surface area (Å²) in [7, 11) is 1.52. The fourth-order valence-corrected chi connectivity index (χ4v) is 5.59. The van der Waals surface area contributed by atoms with E-state index in [-0.39, 0.29) is 17.0 Å². The highest BCUT2D eigenvalue weighted by molar-refractivity contribution is 7.15. The van der Waals surface area contributed by atoms with E-state index in [0.29, 0.717) is 33.0 Å². The first-order chi connectivity index (χ1) is 14.8. The van der Waals surface area contributed by atoms with Gasteiger partial charge in [0.15, 0.2) is 0 Å². The number of anilines is 2. The summed E-state index contributed by atoms with van der Waals surface area (Å²) in [6.07, 6.45) is -0.246. The number of nitrogens with one attached hydrogen (secondary N) is 2. The van der Waals surface area contributed by atoms with Crippen molar-refractivity contribution < 1.29 is 28.6 Å². The molecule has 7 nitrogen and oxygen atoms in total. The van der Waals surface area contributed by atoms with Gasteiger partial charge in [0.05, 0.1) is 24.1 Å². The van der Waals surface area contributed by atoms with E-state index in [1.165, 1.54) is 25.3 Å². The lowest BCUT2D eigenvalue weighted by Gasteiger charge is -2.31. The lowest BCUT2D eigenvalue weighted by Crippen LogP contribution is -2.42. The highest BCUT2D eigenvalue weighted by Gasteiger charge is 2.55. The molecule has 0 radical (unpaired) electrons. The maximum Gasteiger partial charge on any atom is 0.346 e. The molecule has 3 N–H and O–H groups in total. The van der Waals surface area contributed by atoms with E-state index < -0.39 is 29.0 Å². The minimum atomic E-state index is -1.49. The van der Waals surface area contributed by atoms with E-state index in [1.807, 2.05) is 0 Å². The van der Waals surface area contributed by atoms with Gasteiger partial charge in [-0.1, -0.05) is 12.1 Å². The molecule has 5 rings (SSSR count). The molecule has 0 saturated heterocycles. The van der Waals surface area contributed by atoms with Gasteiger partial charge < -0.3 is 20.5 Å². The Morgan fingerprint density at radius 3 is 2.58 bits per heavy atom. The quantitative estimate of drug-likeness (QED) is 0.576. The molecule has 1 aromatic heterocycles. The zero-order valence-corrected chi connectivity index (χ0v) is 16.9. The van der Waals surface area contributed by atoms with Crippen LogP contribution in [0.5, 0.6) is 5.75 Å². The van der Waals surface area contributed by atoms with E-state index in [2.05, 4.69) is 10.6 Å². The monoisotopic (exact) mass is 438 g/mol. The number of aromatic carboxylic acids is 1. The molecule has 0 bridgehead atoms. The van der Waals surface area contributed by atoms with Crippen molar-refractivity contribution in [3.63, 3.8) is 0 Å². The number of hydrogen-bond acceptors (Lipinski definition) is 5. The highest BCUT2D eigenvalue weighted by atomic mass is 32.1. The van der Waals surface area contributed by atoms with Crippen molar-refractivity contribution in [2.24, 2.45) is 0 Å². The summed E-state index contributed by atoms with van der Waals surface area (Å²) in [5, 5.41) is 15.4. The van der Waals surface area contributed by atoms with Crippen LogP contribution in [0.4, 0.5) is 15.8 Å². The van der Waals surface area contributed by atoms with Gasteiger partial charge in [0.25, 0.3) is 0 Å². The third-order valence-electron chi connectivity index (χ3n) is 5.64. The van der Waals surface area contributed by atoms with E-state index in [4.69, 9.17) is 4.74 Å². The number of benzene rings is 2. The van der Waals surface area contributed by atoms with Crippen LogP contribution in [0.1, 0.15) is 26.5 Å². The zero-order valence-electron chi connectivity index (χ0n) is 16.1. The van der Waals surface area contributed by atoms with Gasteiger partial charge in [-0.2, -0.15) is 0 Å². The first-order valence-corrected chi connectivity index (χ1v) is 10.1. The average molecular weight is 438 g/mol. The first kappa shape index (κ1) is 19.3. The molecule has 156 valence electrons. The number of carboxylic acid groups (broad SMARTS) is 1. The van der Waals surface area contributed by atoms with Crippen LogP contribution in [0.3, 0.4) is 0 Å². The highest BCUT2D eigenvalue weighted by Crippen LogP contribution is 2.56. The summed E-state index contributed by atoms with van der Waals surface area (Å²) in [4.78, 5) is 38.4. The summed E-state index contributed by atoms with van der Waals surface area (Å²) in [6.45, 7) is 0. The maximum absolute atomic E-state index is 14.1. The van der Waals surface area contributed by atoms with E-state index in [1.54, 1.807) is 24.3 Å². The summed E-state index contributed by atoms with van der Waals surface area (Å²) in [5.74, 6) is -2.09. The van der Waals surface area contributed by atoms with E-state index in [9.17, 15) is 23.9 Å². The van der Waals surface area contributed by atoms with Crippen molar-refractivity contribution in [1.82, 2.24) is 0 Å². The van der Waals surface area contributed by atoms with Gasteiger partial charge in [0.1, 0.15) is 21.9 Å².